The second-order valence-corrected chi connectivity index (χ2v) is 9.99. The van der Waals surface area contributed by atoms with Crippen molar-refractivity contribution in [1.29, 1.82) is 0 Å². The van der Waals surface area contributed by atoms with Crippen molar-refractivity contribution in [3.05, 3.63) is 106 Å². The number of anilines is 1. The number of ether oxygens (including phenoxy) is 3. The zero-order valence-electron chi connectivity index (χ0n) is 22.8. The predicted octanol–water partition coefficient (Wildman–Crippen LogP) is 6.73. The minimum absolute atomic E-state index is 0.00114. The average Bonchev–Trinajstić information content (AvgIpc) is 3.49. The molecule has 0 aliphatic rings. The highest BCUT2D eigenvalue weighted by Crippen LogP contribution is 2.34. The van der Waals surface area contributed by atoms with Gasteiger partial charge in [-0.3, -0.25) is 19.1 Å². The van der Waals surface area contributed by atoms with E-state index in [0.717, 1.165) is 6.07 Å². The highest BCUT2D eigenvalue weighted by Gasteiger charge is 2.26. The third-order valence-electron chi connectivity index (χ3n) is 6.53. The Morgan fingerprint density at radius 2 is 1.81 bits per heavy atom. The summed E-state index contributed by atoms with van der Waals surface area (Å²) in [5, 5.41) is 3.23. The molecule has 0 unspecified atom stereocenters. The quantitative estimate of drug-likeness (QED) is 0.207. The van der Waals surface area contributed by atoms with E-state index in [1.807, 2.05) is 0 Å². The van der Waals surface area contributed by atoms with Gasteiger partial charge in [0.15, 0.2) is 17.3 Å². The molecule has 3 aromatic heterocycles. The van der Waals surface area contributed by atoms with Gasteiger partial charge in [-0.05, 0) is 61.5 Å². The Morgan fingerprint density at radius 1 is 1.00 bits per heavy atom. The van der Waals surface area contributed by atoms with Gasteiger partial charge in [0, 0.05) is 29.4 Å². The molecular formula is C31H22F2N4O5S. The van der Waals surface area contributed by atoms with E-state index in [1.54, 1.807) is 38.3 Å². The van der Waals surface area contributed by atoms with Gasteiger partial charge in [0.2, 0.25) is 0 Å². The first-order chi connectivity index (χ1) is 20.9. The molecular weight excluding hydrogens is 578 g/mol. The molecule has 0 atom stereocenters. The number of pyridine rings is 2. The topological polar surface area (TPSA) is 105 Å². The van der Waals surface area contributed by atoms with Gasteiger partial charge >= 0.3 is 0 Å². The average molecular weight is 601 g/mol. The van der Waals surface area contributed by atoms with Crippen molar-refractivity contribution in [2.24, 2.45) is 0 Å². The molecule has 0 spiro atoms. The molecule has 1 amide bonds. The SMILES string of the molecule is CCOc1c(C(=O)Nc2ccc(Oc3ccnc4cc(OC)ccc34)c(F)c2)c(=O)n(-c2ccc(F)cc2)c2scnc12. The molecule has 9 nitrogen and oxygen atoms in total. The van der Waals surface area contributed by atoms with Crippen LogP contribution in [0.2, 0.25) is 0 Å². The first-order valence-corrected chi connectivity index (χ1v) is 13.9. The smallest absolute Gasteiger partial charge is 0.273 e. The molecule has 0 saturated carbocycles. The van der Waals surface area contributed by atoms with Crippen LogP contribution in [0.15, 0.2) is 83.2 Å². The molecule has 0 aliphatic carbocycles. The van der Waals surface area contributed by atoms with Crippen molar-refractivity contribution >= 4 is 44.2 Å². The molecule has 0 fully saturated rings. The van der Waals surface area contributed by atoms with Crippen LogP contribution in [-0.4, -0.2) is 34.2 Å². The van der Waals surface area contributed by atoms with Crippen LogP contribution in [0, 0.1) is 11.6 Å². The first-order valence-electron chi connectivity index (χ1n) is 13.0. The number of fused-ring (bicyclic) bond motifs is 2. The number of amides is 1. The minimum Gasteiger partial charge on any atom is -0.497 e. The monoisotopic (exact) mass is 600 g/mol. The molecule has 6 aromatic rings. The molecule has 0 aliphatic heterocycles. The standard InChI is InChI=1S/C31H22F2N4O5S/c1-3-41-28-26(30(39)37(31-27(28)35-16-43-31)19-7-4-17(32)5-8-19)29(38)36-18-6-11-25(22(33)14-18)42-24-12-13-34-23-15-20(40-2)9-10-21(23)24/h4-16H,3H2,1-2H3,(H,36,38). The van der Waals surface area contributed by atoms with Crippen molar-refractivity contribution < 1.29 is 27.8 Å². The fourth-order valence-corrected chi connectivity index (χ4v) is 5.38. The Balaban J connectivity index is 1.34. The third-order valence-corrected chi connectivity index (χ3v) is 7.34. The van der Waals surface area contributed by atoms with Crippen LogP contribution in [0.3, 0.4) is 0 Å². The molecule has 216 valence electrons. The maximum absolute atomic E-state index is 15.2. The third kappa shape index (κ3) is 5.24. The van der Waals surface area contributed by atoms with E-state index in [4.69, 9.17) is 14.2 Å². The maximum Gasteiger partial charge on any atom is 0.273 e. The number of halogens is 2. The summed E-state index contributed by atoms with van der Waals surface area (Å²) in [5.41, 5.74) is 1.80. The molecule has 43 heavy (non-hydrogen) atoms. The molecule has 1 N–H and O–H groups in total. The summed E-state index contributed by atoms with van der Waals surface area (Å²) in [6.45, 7) is 1.87. The normalized spacial score (nSPS) is 11.1. The van der Waals surface area contributed by atoms with Crippen LogP contribution in [0.25, 0.3) is 26.9 Å². The fraction of sp³-hybridized carbons (Fsp3) is 0.0968. The van der Waals surface area contributed by atoms with Crippen LogP contribution < -0.4 is 25.1 Å². The molecule has 3 heterocycles. The summed E-state index contributed by atoms with van der Waals surface area (Å²) >= 11 is 1.17. The molecule has 3 aromatic carbocycles. The maximum atomic E-state index is 15.2. The largest absolute Gasteiger partial charge is 0.497 e. The number of benzene rings is 3. The van der Waals surface area contributed by atoms with Gasteiger partial charge < -0.3 is 19.5 Å². The fourth-order valence-electron chi connectivity index (χ4n) is 4.57. The van der Waals surface area contributed by atoms with Gasteiger partial charge in [0.25, 0.3) is 11.5 Å². The summed E-state index contributed by atoms with van der Waals surface area (Å²) < 4.78 is 46.9. The van der Waals surface area contributed by atoms with Crippen molar-refractivity contribution in [2.45, 2.75) is 6.92 Å². The van der Waals surface area contributed by atoms with Gasteiger partial charge in [-0.15, -0.1) is 11.3 Å². The molecule has 0 saturated heterocycles. The molecule has 12 heteroatoms. The second-order valence-electron chi connectivity index (χ2n) is 9.15. The number of aromatic nitrogens is 3. The second kappa shape index (κ2) is 11.5. The first kappa shape index (κ1) is 27.8. The van der Waals surface area contributed by atoms with Crippen LogP contribution in [0.4, 0.5) is 14.5 Å². The minimum atomic E-state index is -0.832. The van der Waals surface area contributed by atoms with Crippen molar-refractivity contribution in [1.82, 2.24) is 14.5 Å². The van der Waals surface area contributed by atoms with E-state index >= 15 is 4.39 Å². The lowest BCUT2D eigenvalue weighted by atomic mass is 10.2. The lowest BCUT2D eigenvalue weighted by Crippen LogP contribution is -2.29. The van der Waals surface area contributed by atoms with Crippen LogP contribution in [0.1, 0.15) is 17.3 Å². The van der Waals surface area contributed by atoms with Gasteiger partial charge in [-0.1, -0.05) is 0 Å². The van der Waals surface area contributed by atoms with Crippen LogP contribution >= 0.6 is 11.3 Å². The number of nitrogens with one attached hydrogen (secondary N) is 1. The Bertz CT molecular complexity index is 2060. The molecule has 0 bridgehead atoms. The number of rotatable bonds is 8. The summed E-state index contributed by atoms with van der Waals surface area (Å²) in [5.74, 6) is -1.15. The summed E-state index contributed by atoms with van der Waals surface area (Å²) in [6.07, 6.45) is 1.54. The summed E-state index contributed by atoms with van der Waals surface area (Å²) in [4.78, 5) is 36.4. The number of carbonyl (C=O) groups is 1. The van der Waals surface area contributed by atoms with Crippen molar-refractivity contribution in [3.63, 3.8) is 0 Å². The van der Waals surface area contributed by atoms with Gasteiger partial charge in [0.05, 0.1) is 30.4 Å². The number of methoxy groups -OCH3 is 1. The van der Waals surface area contributed by atoms with Crippen molar-refractivity contribution in [3.8, 4) is 28.7 Å². The lowest BCUT2D eigenvalue weighted by molar-refractivity contribution is 0.102. The Morgan fingerprint density at radius 3 is 2.56 bits per heavy atom. The van der Waals surface area contributed by atoms with E-state index in [1.165, 1.54) is 64.0 Å². The molecule has 0 radical (unpaired) electrons. The van der Waals surface area contributed by atoms with E-state index in [9.17, 15) is 14.0 Å². The van der Waals surface area contributed by atoms with Crippen molar-refractivity contribution in [2.75, 3.05) is 19.0 Å². The van der Waals surface area contributed by atoms with E-state index < -0.39 is 23.1 Å². The lowest BCUT2D eigenvalue weighted by Gasteiger charge is -2.15. The summed E-state index contributed by atoms with van der Waals surface area (Å²) in [7, 11) is 1.55. The number of nitrogens with zero attached hydrogens (tertiary/aromatic N) is 3. The number of carbonyl (C=O) groups excluding carboxylic acids is 1. The number of hydrogen-bond acceptors (Lipinski definition) is 8. The van der Waals surface area contributed by atoms with Gasteiger partial charge in [-0.2, -0.15) is 0 Å². The predicted molar refractivity (Wildman–Crippen MR) is 159 cm³/mol. The highest BCUT2D eigenvalue weighted by atomic mass is 32.1. The van der Waals surface area contributed by atoms with E-state index in [-0.39, 0.29) is 34.9 Å². The number of hydrogen-bond donors (Lipinski definition) is 1. The van der Waals surface area contributed by atoms with Crippen LogP contribution in [-0.2, 0) is 0 Å². The zero-order chi connectivity index (χ0) is 30.1. The van der Waals surface area contributed by atoms with E-state index in [2.05, 4.69) is 15.3 Å². The van der Waals surface area contributed by atoms with Gasteiger partial charge in [-0.25, -0.2) is 13.8 Å². The van der Waals surface area contributed by atoms with Gasteiger partial charge in [0.1, 0.15) is 33.2 Å². The zero-order valence-corrected chi connectivity index (χ0v) is 23.6. The Labute approximate surface area is 246 Å². The molecule has 6 rings (SSSR count). The van der Waals surface area contributed by atoms with E-state index in [0.29, 0.717) is 32.9 Å². The Hall–Kier alpha value is -5.36. The van der Waals surface area contributed by atoms with Crippen LogP contribution in [0.5, 0.6) is 23.0 Å². The Kier molecular flexibility index (Phi) is 7.43. The summed E-state index contributed by atoms with van der Waals surface area (Å²) in [6, 6.07) is 16.0. The number of thiazole rings is 1. The highest BCUT2D eigenvalue weighted by molar-refractivity contribution is 7.16.